The topological polar surface area (TPSA) is 103 Å². The van der Waals surface area contributed by atoms with Crippen LogP contribution in [0.4, 0.5) is 5.69 Å². The first-order valence-electron chi connectivity index (χ1n) is 12.7. The summed E-state index contributed by atoms with van der Waals surface area (Å²) in [6.45, 7) is 0.980. The molecule has 9 heteroatoms. The second kappa shape index (κ2) is 12.5. The first-order valence-corrected chi connectivity index (χ1v) is 13.6. The van der Waals surface area contributed by atoms with E-state index in [4.69, 9.17) is 23.9 Å². The van der Waals surface area contributed by atoms with Gasteiger partial charge in [-0.25, -0.2) is 4.98 Å². The van der Waals surface area contributed by atoms with Crippen molar-refractivity contribution in [1.29, 1.82) is 5.26 Å². The molecule has 1 amide bonds. The largest absolute Gasteiger partial charge is 0.493 e. The molecule has 3 aromatic carbocycles. The fraction of sp³-hybridized carbons (Fsp3) is 0.194. The number of benzene rings is 3. The average molecular weight is 554 g/mol. The van der Waals surface area contributed by atoms with E-state index in [9.17, 15) is 10.1 Å². The highest BCUT2D eigenvalue weighted by atomic mass is 32.2. The maximum atomic E-state index is 12.7. The summed E-state index contributed by atoms with van der Waals surface area (Å²) in [7, 11) is 3.15. The van der Waals surface area contributed by atoms with Gasteiger partial charge in [0.25, 0.3) is 0 Å². The molecule has 0 saturated heterocycles. The highest BCUT2D eigenvalue weighted by molar-refractivity contribution is 7.99. The molecule has 0 spiro atoms. The number of thioether (sulfide) groups is 1. The van der Waals surface area contributed by atoms with E-state index >= 15 is 0 Å². The number of amides is 1. The van der Waals surface area contributed by atoms with Gasteiger partial charge in [0.1, 0.15) is 24.3 Å². The number of methoxy groups -OCH3 is 2. The molecule has 0 unspecified atom stereocenters. The van der Waals surface area contributed by atoms with Crippen LogP contribution in [0.1, 0.15) is 12.0 Å². The molecule has 1 N–H and O–H groups in total. The van der Waals surface area contributed by atoms with Gasteiger partial charge in [0.15, 0.2) is 23.0 Å². The number of hydrogen-bond donors (Lipinski definition) is 1. The molecule has 1 aliphatic heterocycles. The van der Waals surface area contributed by atoms with E-state index in [1.54, 1.807) is 32.4 Å². The summed E-state index contributed by atoms with van der Waals surface area (Å²) in [6.07, 6.45) is 0.221. The van der Waals surface area contributed by atoms with Gasteiger partial charge in [-0.2, -0.15) is 5.26 Å². The minimum atomic E-state index is -0.156. The SMILES string of the molecule is COc1cccc(-c2cc(-c3ccccc3)nc(SCCC(=O)Nc3ccc4c(c3)OCCO4)c2C#N)c1OC. The van der Waals surface area contributed by atoms with Crippen molar-refractivity contribution in [3.8, 4) is 51.5 Å². The van der Waals surface area contributed by atoms with Crippen LogP contribution in [0.5, 0.6) is 23.0 Å². The zero-order valence-corrected chi connectivity index (χ0v) is 22.9. The molecule has 1 aromatic heterocycles. The van der Waals surface area contributed by atoms with E-state index in [0.29, 0.717) is 69.5 Å². The predicted molar refractivity (Wildman–Crippen MR) is 154 cm³/mol. The molecule has 5 rings (SSSR count). The summed E-state index contributed by atoms with van der Waals surface area (Å²) < 4.78 is 22.3. The fourth-order valence-electron chi connectivity index (χ4n) is 4.39. The van der Waals surface area contributed by atoms with Crippen LogP contribution in [0.3, 0.4) is 0 Å². The number of aromatic nitrogens is 1. The number of carbonyl (C=O) groups excluding carboxylic acids is 1. The molecule has 0 bridgehead atoms. The minimum Gasteiger partial charge on any atom is -0.493 e. The van der Waals surface area contributed by atoms with Crippen LogP contribution < -0.4 is 24.3 Å². The van der Waals surface area contributed by atoms with Gasteiger partial charge in [-0.15, -0.1) is 11.8 Å². The number of nitriles is 1. The summed E-state index contributed by atoms with van der Waals surface area (Å²) >= 11 is 1.36. The molecule has 0 fully saturated rings. The second-order valence-corrected chi connectivity index (χ2v) is 9.84. The zero-order chi connectivity index (χ0) is 27.9. The lowest BCUT2D eigenvalue weighted by atomic mass is 9.98. The normalized spacial score (nSPS) is 11.8. The van der Waals surface area contributed by atoms with Crippen LogP contribution in [-0.4, -0.2) is 44.1 Å². The number of para-hydroxylation sites is 1. The van der Waals surface area contributed by atoms with Crippen molar-refractivity contribution in [3.63, 3.8) is 0 Å². The summed E-state index contributed by atoms with van der Waals surface area (Å²) in [5.74, 6) is 2.63. The zero-order valence-electron chi connectivity index (χ0n) is 22.1. The van der Waals surface area contributed by atoms with Crippen molar-refractivity contribution in [3.05, 3.63) is 78.4 Å². The number of pyridine rings is 1. The lowest BCUT2D eigenvalue weighted by molar-refractivity contribution is -0.115. The molecule has 1 aliphatic rings. The Labute approximate surface area is 236 Å². The smallest absolute Gasteiger partial charge is 0.225 e. The van der Waals surface area contributed by atoms with Crippen LogP contribution in [0.15, 0.2) is 77.8 Å². The molecule has 0 atom stereocenters. The Balaban J connectivity index is 1.41. The van der Waals surface area contributed by atoms with Crippen molar-refractivity contribution in [2.45, 2.75) is 11.4 Å². The first-order chi connectivity index (χ1) is 19.6. The van der Waals surface area contributed by atoms with Crippen molar-refractivity contribution < 1.29 is 23.7 Å². The molecular weight excluding hydrogens is 526 g/mol. The Morgan fingerprint density at radius 1 is 0.975 bits per heavy atom. The van der Waals surface area contributed by atoms with Crippen molar-refractivity contribution in [1.82, 2.24) is 4.98 Å². The Bertz CT molecular complexity index is 1570. The number of hydrogen-bond acceptors (Lipinski definition) is 8. The Morgan fingerprint density at radius 2 is 1.77 bits per heavy atom. The van der Waals surface area contributed by atoms with Crippen LogP contribution >= 0.6 is 11.8 Å². The molecule has 40 heavy (non-hydrogen) atoms. The first kappa shape index (κ1) is 26.9. The average Bonchev–Trinajstić information content (AvgIpc) is 3.00. The van der Waals surface area contributed by atoms with E-state index in [2.05, 4.69) is 11.4 Å². The van der Waals surface area contributed by atoms with Gasteiger partial charge in [0.2, 0.25) is 5.91 Å². The van der Waals surface area contributed by atoms with Gasteiger partial charge in [0.05, 0.1) is 25.5 Å². The third-order valence-corrected chi connectivity index (χ3v) is 7.23. The molecule has 202 valence electrons. The van der Waals surface area contributed by atoms with E-state index < -0.39 is 0 Å². The maximum Gasteiger partial charge on any atom is 0.225 e. The number of anilines is 1. The summed E-state index contributed by atoms with van der Waals surface area (Å²) in [5, 5.41) is 13.7. The third kappa shape index (κ3) is 5.82. The van der Waals surface area contributed by atoms with Crippen molar-refractivity contribution >= 4 is 23.4 Å². The molecule has 2 heterocycles. The number of fused-ring (bicyclic) bond motifs is 1. The molecule has 8 nitrogen and oxygen atoms in total. The molecule has 0 saturated carbocycles. The fourth-order valence-corrected chi connectivity index (χ4v) is 5.33. The highest BCUT2D eigenvalue weighted by Gasteiger charge is 2.21. The monoisotopic (exact) mass is 553 g/mol. The summed E-state index contributed by atoms with van der Waals surface area (Å²) in [6, 6.07) is 24.9. The van der Waals surface area contributed by atoms with E-state index in [0.717, 1.165) is 11.1 Å². The Kier molecular flexibility index (Phi) is 8.38. The van der Waals surface area contributed by atoms with Gasteiger partial charge < -0.3 is 24.3 Å². The Morgan fingerprint density at radius 3 is 2.52 bits per heavy atom. The highest BCUT2D eigenvalue weighted by Crippen LogP contribution is 2.42. The summed E-state index contributed by atoms with van der Waals surface area (Å²) in [4.78, 5) is 17.6. The summed E-state index contributed by atoms with van der Waals surface area (Å²) in [5.41, 5.74) is 4.06. The number of carbonyl (C=O) groups is 1. The van der Waals surface area contributed by atoms with Crippen LogP contribution in [0.2, 0.25) is 0 Å². The lowest BCUT2D eigenvalue weighted by Crippen LogP contribution is -2.16. The minimum absolute atomic E-state index is 0.156. The quantitative estimate of drug-likeness (QED) is 0.245. The standard InChI is InChI=1S/C31H27N3O5S/c1-36-27-10-6-9-22(30(27)37-2)23-18-25(20-7-4-3-5-8-20)34-31(24(23)19-32)40-16-13-29(35)33-21-11-12-26-28(17-21)39-15-14-38-26/h3-12,17-18H,13-16H2,1-2H3,(H,33,35). The number of ether oxygens (including phenoxy) is 4. The van der Waals surface area contributed by atoms with E-state index in [1.165, 1.54) is 11.8 Å². The van der Waals surface area contributed by atoms with Gasteiger partial charge >= 0.3 is 0 Å². The van der Waals surface area contributed by atoms with Gasteiger partial charge in [0, 0.05) is 40.6 Å². The predicted octanol–water partition coefficient (Wildman–Crippen LogP) is 6.20. The second-order valence-electron chi connectivity index (χ2n) is 8.76. The van der Waals surface area contributed by atoms with Crippen LogP contribution in [0.25, 0.3) is 22.4 Å². The van der Waals surface area contributed by atoms with Crippen LogP contribution in [0, 0.1) is 11.3 Å². The van der Waals surface area contributed by atoms with E-state index in [-0.39, 0.29) is 12.3 Å². The van der Waals surface area contributed by atoms with Crippen LogP contribution in [-0.2, 0) is 4.79 Å². The van der Waals surface area contributed by atoms with Gasteiger partial charge in [-0.05, 0) is 24.3 Å². The lowest BCUT2D eigenvalue weighted by Gasteiger charge is -2.19. The number of rotatable bonds is 9. The number of nitrogens with one attached hydrogen (secondary N) is 1. The molecule has 0 aliphatic carbocycles. The molecule has 4 aromatic rings. The van der Waals surface area contributed by atoms with Gasteiger partial charge in [-0.3, -0.25) is 4.79 Å². The van der Waals surface area contributed by atoms with Crippen molar-refractivity contribution in [2.24, 2.45) is 0 Å². The maximum absolute atomic E-state index is 12.7. The van der Waals surface area contributed by atoms with E-state index in [1.807, 2.05) is 54.6 Å². The third-order valence-electron chi connectivity index (χ3n) is 6.25. The number of nitrogens with zero attached hydrogens (tertiary/aromatic N) is 2. The molecule has 0 radical (unpaired) electrons. The molecular formula is C31H27N3O5S. The van der Waals surface area contributed by atoms with Crippen molar-refractivity contribution in [2.75, 3.05) is 38.5 Å². The van der Waals surface area contributed by atoms with Gasteiger partial charge in [-0.1, -0.05) is 42.5 Å². The Hall–Kier alpha value is -4.68.